The summed E-state index contributed by atoms with van der Waals surface area (Å²) >= 11 is 0. The van der Waals surface area contributed by atoms with Crippen molar-refractivity contribution in [3.8, 4) is 0 Å². The zero-order chi connectivity index (χ0) is 8.10. The number of hydrogen-bond donors (Lipinski definition) is 1. The summed E-state index contributed by atoms with van der Waals surface area (Å²) in [6.07, 6.45) is 4.16. The summed E-state index contributed by atoms with van der Waals surface area (Å²) in [6.45, 7) is 5.91. The Morgan fingerprint density at radius 3 is 2.55 bits per heavy atom. The third-order valence-corrected chi connectivity index (χ3v) is 2.22. The summed E-state index contributed by atoms with van der Waals surface area (Å²) < 4.78 is 0. The highest BCUT2D eigenvalue weighted by Crippen LogP contribution is 2.26. The Balaban J connectivity index is 2.10. The molecule has 1 rings (SSSR count). The maximum atomic E-state index is 3.20. The van der Waals surface area contributed by atoms with Gasteiger partial charge in [-0.3, -0.25) is 4.90 Å². The molecule has 0 unspecified atom stereocenters. The fourth-order valence-electron chi connectivity index (χ4n) is 1.46. The van der Waals surface area contributed by atoms with E-state index in [1.165, 1.54) is 32.4 Å². The molecule has 0 radical (unpaired) electrons. The first-order valence-electron chi connectivity index (χ1n) is 4.77. The van der Waals surface area contributed by atoms with Gasteiger partial charge in [-0.1, -0.05) is 6.92 Å². The molecule has 0 atom stereocenters. The summed E-state index contributed by atoms with van der Waals surface area (Å²) in [7, 11) is 2.02. The van der Waals surface area contributed by atoms with Gasteiger partial charge in [0.15, 0.2) is 0 Å². The highest BCUT2D eigenvalue weighted by atomic mass is 15.2. The molecule has 0 aromatic carbocycles. The quantitative estimate of drug-likeness (QED) is 0.619. The van der Waals surface area contributed by atoms with E-state index in [1.807, 2.05) is 7.05 Å². The third kappa shape index (κ3) is 3.21. The Kier molecular flexibility index (Phi) is 3.87. The molecule has 0 spiro atoms. The first-order chi connectivity index (χ1) is 5.38. The van der Waals surface area contributed by atoms with Crippen molar-refractivity contribution in [1.82, 2.24) is 10.2 Å². The second-order valence-corrected chi connectivity index (χ2v) is 3.37. The van der Waals surface area contributed by atoms with Crippen LogP contribution in [0.1, 0.15) is 26.2 Å². The molecule has 1 fully saturated rings. The lowest BCUT2D eigenvalue weighted by molar-refractivity contribution is 0.266. The van der Waals surface area contributed by atoms with Gasteiger partial charge in [0.1, 0.15) is 0 Å². The van der Waals surface area contributed by atoms with Crippen molar-refractivity contribution in [2.75, 3.05) is 26.7 Å². The third-order valence-electron chi connectivity index (χ3n) is 2.22. The SMILES string of the molecule is CCCN(CCNC)C1CC1. The molecule has 0 saturated heterocycles. The average molecular weight is 156 g/mol. The van der Waals surface area contributed by atoms with Gasteiger partial charge < -0.3 is 5.32 Å². The number of likely N-dealkylation sites (N-methyl/N-ethyl adjacent to an activating group) is 1. The highest BCUT2D eigenvalue weighted by molar-refractivity contribution is 4.84. The lowest BCUT2D eigenvalue weighted by atomic mass is 10.4. The van der Waals surface area contributed by atoms with Crippen LogP contribution in [0.4, 0.5) is 0 Å². The van der Waals surface area contributed by atoms with Crippen molar-refractivity contribution in [2.45, 2.75) is 32.2 Å². The van der Waals surface area contributed by atoms with Crippen LogP contribution in [0.5, 0.6) is 0 Å². The van der Waals surface area contributed by atoms with Crippen molar-refractivity contribution >= 4 is 0 Å². The Hall–Kier alpha value is -0.0800. The minimum atomic E-state index is 0.934. The van der Waals surface area contributed by atoms with Crippen LogP contribution in [0.15, 0.2) is 0 Å². The smallest absolute Gasteiger partial charge is 0.0110 e. The van der Waals surface area contributed by atoms with Gasteiger partial charge in [0.25, 0.3) is 0 Å². The fourth-order valence-corrected chi connectivity index (χ4v) is 1.46. The van der Waals surface area contributed by atoms with E-state index in [0.29, 0.717) is 0 Å². The molecule has 11 heavy (non-hydrogen) atoms. The minimum Gasteiger partial charge on any atom is -0.318 e. The lowest BCUT2D eigenvalue weighted by Gasteiger charge is -2.20. The maximum Gasteiger partial charge on any atom is 0.0110 e. The predicted molar refractivity (Wildman–Crippen MR) is 48.8 cm³/mol. The largest absolute Gasteiger partial charge is 0.318 e. The van der Waals surface area contributed by atoms with Crippen molar-refractivity contribution in [1.29, 1.82) is 0 Å². The molecule has 0 aliphatic heterocycles. The molecule has 1 aliphatic rings. The van der Waals surface area contributed by atoms with Gasteiger partial charge in [-0.25, -0.2) is 0 Å². The predicted octanol–water partition coefficient (Wildman–Crippen LogP) is 1.08. The molecule has 2 nitrogen and oxygen atoms in total. The summed E-state index contributed by atoms with van der Waals surface area (Å²) in [6, 6.07) is 0.934. The van der Waals surface area contributed by atoms with E-state index >= 15 is 0 Å². The van der Waals surface area contributed by atoms with Crippen molar-refractivity contribution in [2.24, 2.45) is 0 Å². The summed E-state index contributed by atoms with van der Waals surface area (Å²) in [4.78, 5) is 2.61. The molecule has 0 amide bonds. The van der Waals surface area contributed by atoms with Gasteiger partial charge in [-0.2, -0.15) is 0 Å². The Bertz CT molecular complexity index is 99.7. The molecule has 1 N–H and O–H groups in total. The second-order valence-electron chi connectivity index (χ2n) is 3.37. The van der Waals surface area contributed by atoms with Crippen molar-refractivity contribution < 1.29 is 0 Å². The van der Waals surface area contributed by atoms with E-state index in [9.17, 15) is 0 Å². The number of rotatable bonds is 6. The number of nitrogens with one attached hydrogen (secondary N) is 1. The standard InChI is InChI=1S/C9H20N2/c1-3-7-11(8-6-10-2)9-4-5-9/h9-10H,3-8H2,1-2H3. The van der Waals surface area contributed by atoms with E-state index in [0.717, 1.165) is 12.6 Å². The fraction of sp³-hybridized carbons (Fsp3) is 1.00. The lowest BCUT2D eigenvalue weighted by Crippen LogP contribution is -2.33. The molecule has 2 heteroatoms. The molecular formula is C9H20N2. The van der Waals surface area contributed by atoms with Gasteiger partial charge in [-0.15, -0.1) is 0 Å². The summed E-state index contributed by atoms with van der Waals surface area (Å²) in [5, 5.41) is 3.20. The van der Waals surface area contributed by atoms with Gasteiger partial charge in [0, 0.05) is 19.1 Å². The average Bonchev–Trinajstić information content (AvgIpc) is 2.80. The van der Waals surface area contributed by atoms with E-state index in [-0.39, 0.29) is 0 Å². The van der Waals surface area contributed by atoms with Gasteiger partial charge in [0.05, 0.1) is 0 Å². The van der Waals surface area contributed by atoms with Crippen LogP contribution in [-0.2, 0) is 0 Å². The molecule has 1 saturated carbocycles. The number of hydrogen-bond acceptors (Lipinski definition) is 2. The minimum absolute atomic E-state index is 0.934. The van der Waals surface area contributed by atoms with Crippen LogP contribution < -0.4 is 5.32 Å². The molecular weight excluding hydrogens is 136 g/mol. The van der Waals surface area contributed by atoms with Gasteiger partial charge in [-0.05, 0) is 32.9 Å². The van der Waals surface area contributed by atoms with Gasteiger partial charge in [0.2, 0.25) is 0 Å². The Labute approximate surface area is 70.0 Å². The van der Waals surface area contributed by atoms with Crippen LogP contribution in [-0.4, -0.2) is 37.6 Å². The van der Waals surface area contributed by atoms with E-state index in [1.54, 1.807) is 0 Å². The zero-order valence-electron chi connectivity index (χ0n) is 7.77. The van der Waals surface area contributed by atoms with E-state index in [4.69, 9.17) is 0 Å². The molecule has 0 bridgehead atoms. The zero-order valence-corrected chi connectivity index (χ0v) is 7.77. The number of nitrogens with zero attached hydrogens (tertiary/aromatic N) is 1. The Morgan fingerprint density at radius 2 is 2.09 bits per heavy atom. The van der Waals surface area contributed by atoms with E-state index < -0.39 is 0 Å². The topological polar surface area (TPSA) is 15.3 Å². The second kappa shape index (κ2) is 4.73. The normalized spacial score (nSPS) is 17.7. The van der Waals surface area contributed by atoms with Crippen molar-refractivity contribution in [3.05, 3.63) is 0 Å². The van der Waals surface area contributed by atoms with Crippen LogP contribution in [0.25, 0.3) is 0 Å². The Morgan fingerprint density at radius 1 is 1.36 bits per heavy atom. The first-order valence-corrected chi connectivity index (χ1v) is 4.77. The summed E-state index contributed by atoms with van der Waals surface area (Å²) in [5.74, 6) is 0. The molecule has 0 aromatic heterocycles. The van der Waals surface area contributed by atoms with Crippen molar-refractivity contribution in [3.63, 3.8) is 0 Å². The van der Waals surface area contributed by atoms with Crippen LogP contribution in [0.3, 0.4) is 0 Å². The van der Waals surface area contributed by atoms with Crippen LogP contribution >= 0.6 is 0 Å². The van der Waals surface area contributed by atoms with Crippen LogP contribution in [0, 0.1) is 0 Å². The monoisotopic (exact) mass is 156 g/mol. The van der Waals surface area contributed by atoms with Crippen LogP contribution in [0.2, 0.25) is 0 Å². The summed E-state index contributed by atoms with van der Waals surface area (Å²) in [5.41, 5.74) is 0. The highest BCUT2D eigenvalue weighted by Gasteiger charge is 2.27. The molecule has 1 aliphatic carbocycles. The maximum absolute atomic E-state index is 3.20. The molecule has 0 aromatic rings. The molecule has 0 heterocycles. The first kappa shape index (κ1) is 9.01. The van der Waals surface area contributed by atoms with Gasteiger partial charge >= 0.3 is 0 Å². The van der Waals surface area contributed by atoms with E-state index in [2.05, 4.69) is 17.1 Å². The molecule has 66 valence electrons.